The number of hydrogen-bond acceptors (Lipinski definition) is 5. The Labute approximate surface area is 174 Å². The fourth-order valence-electron chi connectivity index (χ4n) is 3.77. The number of aromatic nitrogens is 1. The molecule has 0 radical (unpaired) electrons. The maximum Gasteiger partial charge on any atom is 0.250 e. The van der Waals surface area contributed by atoms with Gasteiger partial charge in [-0.2, -0.15) is 0 Å². The predicted octanol–water partition coefficient (Wildman–Crippen LogP) is 3.79. The van der Waals surface area contributed by atoms with Crippen molar-refractivity contribution >= 4 is 11.6 Å². The second kappa shape index (κ2) is 8.51. The lowest BCUT2D eigenvalue weighted by molar-refractivity contribution is 0.100. The van der Waals surface area contributed by atoms with Crippen molar-refractivity contribution in [2.24, 2.45) is 5.73 Å². The summed E-state index contributed by atoms with van der Waals surface area (Å²) in [5, 5.41) is 23.2. The molecule has 7 heteroatoms. The molecule has 2 aromatic carbocycles. The van der Waals surface area contributed by atoms with Gasteiger partial charge in [0.15, 0.2) is 11.5 Å². The maximum absolute atomic E-state index is 11.9. The summed E-state index contributed by atoms with van der Waals surface area (Å²) >= 11 is 0. The summed E-state index contributed by atoms with van der Waals surface area (Å²) in [6.45, 7) is 0. The minimum atomic E-state index is -0.502. The largest absolute Gasteiger partial charge is 0.504 e. The molecule has 1 aliphatic carbocycles. The quantitative estimate of drug-likeness (QED) is 0.497. The molecule has 1 fully saturated rings. The van der Waals surface area contributed by atoms with Gasteiger partial charge in [0, 0.05) is 24.0 Å². The molecule has 0 saturated heterocycles. The number of para-hydroxylation sites is 2. The third-order valence-electron chi connectivity index (χ3n) is 5.39. The molecule has 0 unspecified atom stereocenters. The second-order valence-corrected chi connectivity index (χ2v) is 7.53. The number of aliphatic hydroxyl groups excluding tert-OH is 1. The van der Waals surface area contributed by atoms with Crippen LogP contribution in [0.25, 0.3) is 5.69 Å². The van der Waals surface area contributed by atoms with Gasteiger partial charge in [-0.25, -0.2) is 0 Å². The van der Waals surface area contributed by atoms with Crippen LogP contribution in [0.4, 0.5) is 5.69 Å². The summed E-state index contributed by atoms with van der Waals surface area (Å²) in [6.07, 6.45) is 4.72. The van der Waals surface area contributed by atoms with Gasteiger partial charge in [0.1, 0.15) is 0 Å². The lowest BCUT2D eigenvalue weighted by atomic mass is 9.92. The number of nitrogens with one attached hydrogen (secondary N) is 1. The Balaban J connectivity index is 1.63. The van der Waals surface area contributed by atoms with E-state index in [1.807, 2.05) is 22.9 Å². The first kappa shape index (κ1) is 19.8. The van der Waals surface area contributed by atoms with Crippen LogP contribution < -0.4 is 15.8 Å². The lowest BCUT2D eigenvalue weighted by Gasteiger charge is -2.28. The van der Waals surface area contributed by atoms with Gasteiger partial charge in [-0.05, 0) is 62.1 Å². The normalized spacial score (nSPS) is 18.7. The molecule has 1 amide bonds. The average Bonchev–Trinajstić information content (AvgIpc) is 3.19. The van der Waals surface area contributed by atoms with E-state index in [0.717, 1.165) is 31.4 Å². The smallest absolute Gasteiger partial charge is 0.250 e. The molecule has 0 aliphatic heterocycles. The Kier molecular flexibility index (Phi) is 5.63. The van der Waals surface area contributed by atoms with Crippen molar-refractivity contribution in [2.45, 2.75) is 37.8 Å². The van der Waals surface area contributed by atoms with Gasteiger partial charge in [-0.1, -0.05) is 12.1 Å². The monoisotopic (exact) mass is 407 g/mol. The number of phenols is 1. The number of hydrogen-bond donors (Lipinski definition) is 4. The minimum absolute atomic E-state index is 0.0520. The van der Waals surface area contributed by atoms with Crippen molar-refractivity contribution < 1.29 is 19.7 Å². The van der Waals surface area contributed by atoms with Crippen LogP contribution in [0, 0.1) is 0 Å². The Morgan fingerprint density at radius 1 is 1.07 bits per heavy atom. The molecule has 1 saturated carbocycles. The van der Waals surface area contributed by atoms with E-state index in [0.29, 0.717) is 22.9 Å². The standard InChI is InChI=1S/C23H25N3O4/c24-23(29)18-12-9-16(14-19(18)25-15-7-10-17(27)11-8-15)26-13-3-6-22(26)30-21-5-2-1-4-20(21)28/h1-6,9,12-15,17,25,27-28H,7-8,10-11H2,(H2,24,29). The van der Waals surface area contributed by atoms with Gasteiger partial charge in [0.2, 0.25) is 5.88 Å². The minimum Gasteiger partial charge on any atom is -0.504 e. The molecule has 4 rings (SSSR count). The summed E-state index contributed by atoms with van der Waals surface area (Å²) in [6, 6.07) is 15.9. The van der Waals surface area contributed by atoms with Crippen LogP contribution in [-0.4, -0.2) is 32.8 Å². The topological polar surface area (TPSA) is 110 Å². The lowest BCUT2D eigenvalue weighted by Crippen LogP contribution is -2.29. The molecule has 1 aromatic heterocycles. The zero-order valence-electron chi connectivity index (χ0n) is 16.5. The Bertz CT molecular complexity index is 1040. The first-order chi connectivity index (χ1) is 14.5. The van der Waals surface area contributed by atoms with Crippen molar-refractivity contribution in [1.82, 2.24) is 4.57 Å². The summed E-state index contributed by atoms with van der Waals surface area (Å²) in [5.74, 6) is 0.426. The SMILES string of the molecule is NC(=O)c1ccc(-n2cccc2Oc2ccccc2O)cc1NC1CCC(O)CC1. The Hall–Kier alpha value is -3.45. The van der Waals surface area contributed by atoms with E-state index in [9.17, 15) is 15.0 Å². The number of carbonyl (C=O) groups excluding carboxylic acids is 1. The number of aromatic hydroxyl groups is 1. The Morgan fingerprint density at radius 2 is 1.83 bits per heavy atom. The number of aliphatic hydroxyl groups is 1. The second-order valence-electron chi connectivity index (χ2n) is 7.53. The van der Waals surface area contributed by atoms with Crippen LogP contribution in [0.3, 0.4) is 0 Å². The van der Waals surface area contributed by atoms with E-state index >= 15 is 0 Å². The fraction of sp³-hybridized carbons (Fsp3) is 0.261. The van der Waals surface area contributed by atoms with E-state index in [4.69, 9.17) is 10.5 Å². The number of carbonyl (C=O) groups is 1. The average molecular weight is 407 g/mol. The number of amides is 1. The van der Waals surface area contributed by atoms with E-state index in [-0.39, 0.29) is 17.9 Å². The van der Waals surface area contributed by atoms with Crippen LogP contribution in [0.1, 0.15) is 36.0 Å². The molecular weight excluding hydrogens is 382 g/mol. The number of primary amides is 1. The molecule has 156 valence electrons. The highest BCUT2D eigenvalue weighted by Crippen LogP contribution is 2.33. The van der Waals surface area contributed by atoms with Crippen LogP contribution >= 0.6 is 0 Å². The van der Waals surface area contributed by atoms with Gasteiger partial charge in [0.05, 0.1) is 17.4 Å². The number of ether oxygens (including phenoxy) is 1. The Morgan fingerprint density at radius 3 is 2.57 bits per heavy atom. The summed E-state index contributed by atoms with van der Waals surface area (Å²) in [4.78, 5) is 11.9. The number of rotatable bonds is 6. The van der Waals surface area contributed by atoms with E-state index in [2.05, 4.69) is 5.32 Å². The zero-order chi connectivity index (χ0) is 21.1. The van der Waals surface area contributed by atoms with E-state index in [1.54, 1.807) is 42.5 Å². The first-order valence-corrected chi connectivity index (χ1v) is 10.0. The molecule has 0 bridgehead atoms. The van der Waals surface area contributed by atoms with Crippen LogP contribution in [0.2, 0.25) is 0 Å². The molecule has 7 nitrogen and oxygen atoms in total. The van der Waals surface area contributed by atoms with Crippen molar-refractivity contribution in [2.75, 3.05) is 5.32 Å². The molecule has 5 N–H and O–H groups in total. The van der Waals surface area contributed by atoms with Crippen molar-refractivity contribution in [3.05, 3.63) is 66.4 Å². The number of nitrogens with two attached hydrogens (primary N) is 1. The van der Waals surface area contributed by atoms with E-state index in [1.165, 1.54) is 0 Å². The highest BCUT2D eigenvalue weighted by Gasteiger charge is 2.21. The fourth-order valence-corrected chi connectivity index (χ4v) is 3.77. The van der Waals surface area contributed by atoms with Crippen LogP contribution in [0.15, 0.2) is 60.8 Å². The predicted molar refractivity (Wildman–Crippen MR) is 114 cm³/mol. The maximum atomic E-state index is 11.9. The highest BCUT2D eigenvalue weighted by atomic mass is 16.5. The third kappa shape index (κ3) is 4.26. The molecule has 3 aromatic rings. The number of benzene rings is 2. The first-order valence-electron chi connectivity index (χ1n) is 10.0. The van der Waals surface area contributed by atoms with Gasteiger partial charge in [0.25, 0.3) is 5.91 Å². The molecular formula is C23H25N3O4. The molecule has 1 aliphatic rings. The van der Waals surface area contributed by atoms with Crippen molar-refractivity contribution in [3.63, 3.8) is 0 Å². The highest BCUT2D eigenvalue weighted by molar-refractivity contribution is 5.99. The van der Waals surface area contributed by atoms with Gasteiger partial charge >= 0.3 is 0 Å². The van der Waals surface area contributed by atoms with Crippen LogP contribution in [0.5, 0.6) is 17.4 Å². The van der Waals surface area contributed by atoms with Gasteiger partial charge in [-0.15, -0.1) is 0 Å². The van der Waals surface area contributed by atoms with Gasteiger partial charge < -0.3 is 26.0 Å². The zero-order valence-corrected chi connectivity index (χ0v) is 16.5. The summed E-state index contributed by atoms with van der Waals surface area (Å²) < 4.78 is 7.71. The molecule has 0 spiro atoms. The van der Waals surface area contributed by atoms with E-state index < -0.39 is 5.91 Å². The van der Waals surface area contributed by atoms with Crippen molar-refractivity contribution in [3.8, 4) is 23.1 Å². The molecule has 1 heterocycles. The number of nitrogens with zero attached hydrogens (tertiary/aromatic N) is 1. The summed E-state index contributed by atoms with van der Waals surface area (Å²) in [7, 11) is 0. The van der Waals surface area contributed by atoms with Gasteiger partial charge in [-0.3, -0.25) is 9.36 Å². The third-order valence-corrected chi connectivity index (χ3v) is 5.39. The molecule has 30 heavy (non-hydrogen) atoms. The number of phenolic OH excluding ortho intramolecular Hbond substituents is 1. The number of anilines is 1. The summed E-state index contributed by atoms with van der Waals surface area (Å²) in [5.41, 5.74) is 7.44. The van der Waals surface area contributed by atoms with Crippen LogP contribution in [-0.2, 0) is 0 Å². The molecule has 0 atom stereocenters. The van der Waals surface area contributed by atoms with Crippen molar-refractivity contribution in [1.29, 1.82) is 0 Å².